The van der Waals surface area contributed by atoms with Crippen molar-refractivity contribution >= 4 is 21.7 Å². The predicted octanol–water partition coefficient (Wildman–Crippen LogP) is 1.41. The molecule has 112 valence electrons. The van der Waals surface area contributed by atoms with Gasteiger partial charge in [-0.3, -0.25) is 9.40 Å². The fourth-order valence-electron chi connectivity index (χ4n) is 1.74. The van der Waals surface area contributed by atoms with Crippen molar-refractivity contribution < 1.29 is 17.9 Å². The van der Waals surface area contributed by atoms with Gasteiger partial charge in [-0.25, -0.2) is 4.79 Å². The van der Waals surface area contributed by atoms with E-state index < -0.39 is 16.0 Å². The number of hydrogen-bond acceptors (Lipinski definition) is 5. The second-order valence-corrected chi connectivity index (χ2v) is 6.05. The number of carbonyl (C=O) groups is 1. The van der Waals surface area contributed by atoms with Gasteiger partial charge in [0, 0.05) is 7.05 Å². The molecule has 0 spiro atoms. The Balaban J connectivity index is 2.41. The number of ether oxygens (including phenoxy) is 1. The number of nitrogens with zero attached hydrogens (tertiary/aromatic N) is 2. The number of aromatic amines is 1. The number of esters is 1. The zero-order valence-corrected chi connectivity index (χ0v) is 12.4. The zero-order valence-electron chi connectivity index (χ0n) is 11.6. The third-order valence-corrected chi connectivity index (χ3v) is 4.60. The highest BCUT2D eigenvalue weighted by Gasteiger charge is 2.29. The minimum absolute atomic E-state index is 0.111. The monoisotopic (exact) mass is 309 g/mol. The predicted molar refractivity (Wildman–Crippen MR) is 76.6 cm³/mol. The molecule has 0 amide bonds. The van der Waals surface area contributed by atoms with Crippen LogP contribution in [-0.4, -0.2) is 38.2 Å². The van der Waals surface area contributed by atoms with Crippen molar-refractivity contribution in [2.75, 3.05) is 18.0 Å². The zero-order chi connectivity index (χ0) is 15.5. The molecule has 0 saturated heterocycles. The first kappa shape index (κ1) is 15.0. The van der Waals surface area contributed by atoms with Crippen LogP contribution < -0.4 is 4.31 Å². The van der Waals surface area contributed by atoms with Gasteiger partial charge in [-0.1, -0.05) is 18.2 Å². The molecule has 1 heterocycles. The van der Waals surface area contributed by atoms with Crippen LogP contribution in [0.25, 0.3) is 0 Å². The van der Waals surface area contributed by atoms with Crippen molar-refractivity contribution in [3.05, 3.63) is 42.1 Å². The Bertz CT molecular complexity index is 725. The molecule has 0 atom stereocenters. The van der Waals surface area contributed by atoms with Crippen LogP contribution in [0.5, 0.6) is 0 Å². The highest BCUT2D eigenvalue weighted by atomic mass is 32.2. The number of anilines is 1. The van der Waals surface area contributed by atoms with Crippen molar-refractivity contribution in [3.8, 4) is 0 Å². The number of aromatic nitrogens is 2. The molecule has 1 aromatic carbocycles. The maximum absolute atomic E-state index is 12.6. The van der Waals surface area contributed by atoms with Crippen LogP contribution in [-0.2, 0) is 14.8 Å². The average Bonchev–Trinajstić information content (AvgIpc) is 2.98. The third kappa shape index (κ3) is 2.89. The van der Waals surface area contributed by atoms with Gasteiger partial charge < -0.3 is 4.74 Å². The first-order valence-electron chi connectivity index (χ1n) is 6.23. The molecule has 0 unspecified atom stereocenters. The summed E-state index contributed by atoms with van der Waals surface area (Å²) in [6.45, 7) is 1.79. The molecular formula is C13H15N3O4S. The lowest BCUT2D eigenvalue weighted by Crippen LogP contribution is -2.28. The summed E-state index contributed by atoms with van der Waals surface area (Å²) in [5.74, 6) is -0.730. The van der Waals surface area contributed by atoms with Gasteiger partial charge in [0.25, 0.3) is 10.0 Å². The van der Waals surface area contributed by atoms with Gasteiger partial charge >= 0.3 is 5.97 Å². The molecule has 2 aromatic rings. The van der Waals surface area contributed by atoms with E-state index in [4.69, 9.17) is 4.74 Å². The SMILES string of the molecule is CCOC(=O)c1cn[nH]c1S(=O)(=O)N(C)c1ccccc1. The largest absolute Gasteiger partial charge is 0.462 e. The van der Waals surface area contributed by atoms with E-state index in [1.165, 1.54) is 7.05 Å². The molecule has 0 fully saturated rings. The first-order chi connectivity index (χ1) is 9.98. The Morgan fingerprint density at radius 1 is 1.33 bits per heavy atom. The number of rotatable bonds is 5. The molecule has 2 rings (SSSR count). The topological polar surface area (TPSA) is 92.4 Å². The summed E-state index contributed by atoms with van der Waals surface area (Å²) in [6.07, 6.45) is 1.14. The quantitative estimate of drug-likeness (QED) is 0.843. The van der Waals surface area contributed by atoms with E-state index in [0.29, 0.717) is 5.69 Å². The van der Waals surface area contributed by atoms with Crippen LogP contribution >= 0.6 is 0 Å². The van der Waals surface area contributed by atoms with E-state index in [1.807, 2.05) is 0 Å². The fourth-order valence-corrected chi connectivity index (χ4v) is 2.99. The molecule has 0 aliphatic heterocycles. The molecule has 0 bridgehead atoms. The summed E-state index contributed by atoms with van der Waals surface area (Å²) in [7, 11) is -2.53. The fraction of sp³-hybridized carbons (Fsp3) is 0.231. The number of hydrogen-bond donors (Lipinski definition) is 1. The summed E-state index contributed by atoms with van der Waals surface area (Å²) >= 11 is 0. The molecule has 8 heteroatoms. The van der Waals surface area contributed by atoms with Crippen molar-refractivity contribution in [1.29, 1.82) is 0 Å². The van der Waals surface area contributed by atoms with Gasteiger partial charge in [-0.2, -0.15) is 13.5 Å². The molecule has 0 aliphatic carbocycles. The third-order valence-electron chi connectivity index (χ3n) is 2.84. The second-order valence-electron chi connectivity index (χ2n) is 4.14. The summed E-state index contributed by atoms with van der Waals surface area (Å²) in [4.78, 5) is 11.8. The lowest BCUT2D eigenvalue weighted by Gasteiger charge is -2.18. The van der Waals surface area contributed by atoms with Crippen LogP contribution in [0, 0.1) is 0 Å². The Morgan fingerprint density at radius 2 is 2.00 bits per heavy atom. The molecule has 1 aromatic heterocycles. The highest BCUT2D eigenvalue weighted by molar-refractivity contribution is 7.92. The van der Waals surface area contributed by atoms with Crippen LogP contribution in [0.4, 0.5) is 5.69 Å². The number of benzene rings is 1. The van der Waals surface area contributed by atoms with E-state index in [2.05, 4.69) is 10.2 Å². The minimum atomic E-state index is -3.93. The summed E-state index contributed by atoms with van der Waals surface area (Å²) in [5.41, 5.74) is 0.363. The van der Waals surface area contributed by atoms with E-state index >= 15 is 0 Å². The van der Waals surface area contributed by atoms with Crippen LogP contribution in [0.15, 0.2) is 41.6 Å². The summed E-state index contributed by atoms with van der Waals surface area (Å²) in [6, 6.07) is 8.53. The molecule has 0 saturated carbocycles. The molecular weight excluding hydrogens is 294 g/mol. The molecule has 1 N–H and O–H groups in total. The lowest BCUT2D eigenvalue weighted by molar-refractivity contribution is 0.0522. The summed E-state index contributed by atoms with van der Waals surface area (Å²) in [5, 5.41) is 5.71. The van der Waals surface area contributed by atoms with E-state index in [-0.39, 0.29) is 17.2 Å². The maximum Gasteiger partial charge on any atom is 0.342 e. The second kappa shape index (κ2) is 5.96. The Hall–Kier alpha value is -2.35. The molecule has 21 heavy (non-hydrogen) atoms. The highest BCUT2D eigenvalue weighted by Crippen LogP contribution is 2.22. The molecule has 0 radical (unpaired) electrons. The minimum Gasteiger partial charge on any atom is -0.462 e. The number of para-hydroxylation sites is 1. The summed E-state index contributed by atoms with van der Waals surface area (Å²) < 4.78 is 31.0. The number of H-pyrrole nitrogens is 1. The van der Waals surface area contributed by atoms with Crippen molar-refractivity contribution in [1.82, 2.24) is 10.2 Å². The smallest absolute Gasteiger partial charge is 0.342 e. The van der Waals surface area contributed by atoms with E-state index in [1.54, 1.807) is 37.3 Å². The molecule has 7 nitrogen and oxygen atoms in total. The average molecular weight is 309 g/mol. The first-order valence-corrected chi connectivity index (χ1v) is 7.67. The number of sulfonamides is 1. The van der Waals surface area contributed by atoms with Crippen molar-refractivity contribution in [2.24, 2.45) is 0 Å². The number of nitrogens with one attached hydrogen (secondary N) is 1. The van der Waals surface area contributed by atoms with Gasteiger partial charge in [-0.05, 0) is 19.1 Å². The van der Waals surface area contributed by atoms with Gasteiger partial charge in [0.05, 0.1) is 18.5 Å². The van der Waals surface area contributed by atoms with Crippen LogP contribution in [0.3, 0.4) is 0 Å². The lowest BCUT2D eigenvalue weighted by atomic mass is 10.3. The van der Waals surface area contributed by atoms with E-state index in [9.17, 15) is 13.2 Å². The van der Waals surface area contributed by atoms with Crippen molar-refractivity contribution in [3.63, 3.8) is 0 Å². The van der Waals surface area contributed by atoms with Crippen LogP contribution in [0.1, 0.15) is 17.3 Å². The molecule has 0 aliphatic rings. The van der Waals surface area contributed by atoms with Gasteiger partial charge in [-0.15, -0.1) is 0 Å². The Kier molecular flexibility index (Phi) is 4.27. The van der Waals surface area contributed by atoms with Crippen LogP contribution in [0.2, 0.25) is 0 Å². The van der Waals surface area contributed by atoms with Gasteiger partial charge in [0.2, 0.25) is 0 Å². The van der Waals surface area contributed by atoms with Gasteiger partial charge in [0.1, 0.15) is 5.56 Å². The van der Waals surface area contributed by atoms with E-state index in [0.717, 1.165) is 10.5 Å². The van der Waals surface area contributed by atoms with Crippen molar-refractivity contribution in [2.45, 2.75) is 11.9 Å². The Morgan fingerprint density at radius 3 is 2.62 bits per heavy atom. The van der Waals surface area contributed by atoms with Gasteiger partial charge in [0.15, 0.2) is 5.03 Å². The Labute approximate surface area is 122 Å². The standard InChI is InChI=1S/C13H15N3O4S/c1-3-20-13(17)11-9-14-15-12(11)21(18,19)16(2)10-7-5-4-6-8-10/h4-9H,3H2,1-2H3,(H,14,15). The number of carbonyl (C=O) groups excluding carboxylic acids is 1. The maximum atomic E-state index is 12.6. The normalized spacial score (nSPS) is 11.1.